The fourth-order valence-corrected chi connectivity index (χ4v) is 3.84. The van der Waals surface area contributed by atoms with Crippen molar-refractivity contribution in [2.45, 2.75) is 25.3 Å². The van der Waals surface area contributed by atoms with Gasteiger partial charge in [0.05, 0.1) is 6.26 Å². The van der Waals surface area contributed by atoms with Gasteiger partial charge in [0.15, 0.2) is 11.7 Å². The average Bonchev–Trinajstić information content (AvgIpc) is 3.23. The van der Waals surface area contributed by atoms with Gasteiger partial charge in [-0.05, 0) is 36.6 Å². The lowest BCUT2D eigenvalue weighted by Gasteiger charge is -2.36. The highest BCUT2D eigenvalue weighted by atomic mass is 127. The van der Waals surface area contributed by atoms with Crippen molar-refractivity contribution in [2.75, 3.05) is 33.2 Å². The van der Waals surface area contributed by atoms with Gasteiger partial charge in [-0.2, -0.15) is 0 Å². The second-order valence-corrected chi connectivity index (χ2v) is 7.25. The van der Waals surface area contributed by atoms with Crippen LogP contribution in [0.5, 0.6) is 0 Å². The summed E-state index contributed by atoms with van der Waals surface area (Å²) >= 11 is 0. The second kappa shape index (κ2) is 8.98. The Morgan fingerprint density at radius 1 is 1.11 bits per heavy atom. The maximum absolute atomic E-state index is 12.4. The number of hydrogen-bond acceptors (Lipinski definition) is 3. The number of furan rings is 1. The Bertz CT molecular complexity index is 829. The Kier molecular flexibility index (Phi) is 6.64. The summed E-state index contributed by atoms with van der Waals surface area (Å²) < 4.78 is 5.23. The lowest BCUT2D eigenvalue weighted by molar-refractivity contribution is 0.0657. The summed E-state index contributed by atoms with van der Waals surface area (Å²) in [4.78, 5) is 20.9. The van der Waals surface area contributed by atoms with E-state index in [9.17, 15) is 4.79 Å². The van der Waals surface area contributed by atoms with E-state index in [4.69, 9.17) is 4.42 Å². The average molecular weight is 494 g/mol. The number of carbonyl (C=O) groups excluding carboxylic acids is 1. The zero-order valence-electron chi connectivity index (χ0n) is 16.3. The normalized spacial score (nSPS) is 21.9. The topological polar surface area (TPSA) is 61.1 Å². The number of piperazine rings is 1. The molecular formula is C21H27IN4O2. The maximum atomic E-state index is 12.4. The van der Waals surface area contributed by atoms with Crippen LogP contribution in [0.4, 0.5) is 0 Å². The van der Waals surface area contributed by atoms with Crippen LogP contribution in [0.25, 0.3) is 0 Å². The van der Waals surface area contributed by atoms with E-state index >= 15 is 0 Å². The number of amides is 1. The summed E-state index contributed by atoms with van der Waals surface area (Å²) in [6.07, 6.45) is 2.68. The Morgan fingerprint density at radius 3 is 2.46 bits per heavy atom. The molecule has 1 saturated carbocycles. The summed E-state index contributed by atoms with van der Waals surface area (Å²) in [5.74, 6) is 1.86. The van der Waals surface area contributed by atoms with E-state index in [1.54, 1.807) is 12.1 Å². The molecule has 1 aromatic carbocycles. The molecular weight excluding hydrogens is 467 g/mol. The van der Waals surface area contributed by atoms with Gasteiger partial charge in [0.1, 0.15) is 0 Å². The fourth-order valence-electron chi connectivity index (χ4n) is 3.84. The molecule has 28 heavy (non-hydrogen) atoms. The fraction of sp³-hybridized carbons (Fsp3) is 0.429. The van der Waals surface area contributed by atoms with Crippen LogP contribution in [-0.2, 0) is 0 Å². The summed E-state index contributed by atoms with van der Waals surface area (Å²) in [5.41, 5.74) is 2.78. The third kappa shape index (κ3) is 4.34. The highest BCUT2D eigenvalue weighted by Crippen LogP contribution is 2.42. The second-order valence-electron chi connectivity index (χ2n) is 7.25. The van der Waals surface area contributed by atoms with Gasteiger partial charge in [-0.1, -0.05) is 24.3 Å². The van der Waals surface area contributed by atoms with E-state index < -0.39 is 0 Å². The number of nitrogens with zero attached hydrogens (tertiary/aromatic N) is 3. The number of benzene rings is 1. The van der Waals surface area contributed by atoms with E-state index in [-0.39, 0.29) is 29.9 Å². The van der Waals surface area contributed by atoms with Gasteiger partial charge in [0.2, 0.25) is 0 Å². The Labute approximate surface area is 183 Å². The van der Waals surface area contributed by atoms with Gasteiger partial charge in [0, 0.05) is 45.2 Å². The van der Waals surface area contributed by atoms with Crippen molar-refractivity contribution in [2.24, 2.45) is 4.99 Å². The predicted octanol–water partition coefficient (Wildman–Crippen LogP) is 3.10. The van der Waals surface area contributed by atoms with E-state index in [1.165, 1.54) is 17.4 Å². The molecule has 2 aromatic rings. The minimum absolute atomic E-state index is 0. The first-order valence-corrected chi connectivity index (χ1v) is 9.54. The van der Waals surface area contributed by atoms with Crippen molar-refractivity contribution >= 4 is 35.8 Å². The number of aryl methyl sites for hydroxylation is 1. The Balaban J connectivity index is 0.00000225. The molecule has 150 valence electrons. The van der Waals surface area contributed by atoms with Gasteiger partial charge in [-0.25, -0.2) is 0 Å². The minimum Gasteiger partial charge on any atom is -0.459 e. The lowest BCUT2D eigenvalue weighted by atomic mass is 10.0. The van der Waals surface area contributed by atoms with Crippen LogP contribution in [0.1, 0.15) is 34.0 Å². The van der Waals surface area contributed by atoms with Gasteiger partial charge < -0.3 is 19.5 Å². The number of nitrogens with one attached hydrogen (secondary N) is 1. The van der Waals surface area contributed by atoms with Crippen LogP contribution in [-0.4, -0.2) is 60.9 Å². The molecule has 4 rings (SSSR count). The van der Waals surface area contributed by atoms with Crippen molar-refractivity contribution < 1.29 is 9.21 Å². The molecule has 2 heterocycles. The molecule has 1 aromatic heterocycles. The SMILES string of the molecule is CN=C(NC1CC1c1ccccc1C)N1CCN(C(=O)c2ccco2)CC1.I. The largest absolute Gasteiger partial charge is 0.459 e. The van der Waals surface area contributed by atoms with Crippen LogP contribution >= 0.6 is 24.0 Å². The summed E-state index contributed by atoms with van der Waals surface area (Å²) in [5, 5.41) is 3.61. The molecule has 1 aliphatic carbocycles. The van der Waals surface area contributed by atoms with Crippen molar-refractivity contribution in [1.82, 2.24) is 15.1 Å². The molecule has 1 aliphatic heterocycles. The summed E-state index contributed by atoms with van der Waals surface area (Å²) in [6.45, 7) is 5.06. The summed E-state index contributed by atoms with van der Waals surface area (Å²) in [7, 11) is 1.83. The van der Waals surface area contributed by atoms with Crippen LogP contribution in [0.15, 0.2) is 52.1 Å². The molecule has 2 aliphatic rings. The van der Waals surface area contributed by atoms with E-state index in [0.29, 0.717) is 30.8 Å². The van der Waals surface area contributed by atoms with Crippen molar-refractivity contribution in [1.29, 1.82) is 0 Å². The number of carbonyl (C=O) groups is 1. The third-order valence-corrected chi connectivity index (χ3v) is 5.50. The molecule has 1 N–H and O–H groups in total. The molecule has 0 radical (unpaired) electrons. The van der Waals surface area contributed by atoms with Crippen LogP contribution in [0, 0.1) is 6.92 Å². The number of rotatable bonds is 3. The predicted molar refractivity (Wildman–Crippen MR) is 120 cm³/mol. The number of hydrogen-bond donors (Lipinski definition) is 1. The highest BCUT2D eigenvalue weighted by Gasteiger charge is 2.40. The first-order valence-electron chi connectivity index (χ1n) is 9.54. The monoisotopic (exact) mass is 494 g/mol. The molecule has 2 fully saturated rings. The number of guanidine groups is 1. The Hall–Kier alpha value is -2.03. The zero-order chi connectivity index (χ0) is 18.8. The minimum atomic E-state index is -0.0376. The van der Waals surface area contributed by atoms with E-state index in [0.717, 1.165) is 25.5 Å². The summed E-state index contributed by atoms with van der Waals surface area (Å²) in [6, 6.07) is 12.5. The van der Waals surface area contributed by atoms with E-state index in [2.05, 4.69) is 46.4 Å². The standard InChI is InChI=1S/C21H26N4O2.HI/c1-15-6-3-4-7-16(15)17-14-18(17)23-21(22-2)25-11-9-24(10-12-25)20(26)19-8-5-13-27-19;/h3-8,13,17-18H,9-12,14H2,1-2H3,(H,22,23);1H. The van der Waals surface area contributed by atoms with Crippen molar-refractivity contribution in [3.8, 4) is 0 Å². The van der Waals surface area contributed by atoms with Crippen LogP contribution in [0.3, 0.4) is 0 Å². The number of halogens is 1. The molecule has 2 unspecified atom stereocenters. The van der Waals surface area contributed by atoms with Gasteiger partial charge in [-0.15, -0.1) is 24.0 Å². The molecule has 1 saturated heterocycles. The molecule has 7 heteroatoms. The zero-order valence-corrected chi connectivity index (χ0v) is 18.6. The molecule has 0 bridgehead atoms. The maximum Gasteiger partial charge on any atom is 0.289 e. The molecule has 2 atom stereocenters. The van der Waals surface area contributed by atoms with Crippen LogP contribution < -0.4 is 5.32 Å². The molecule has 6 nitrogen and oxygen atoms in total. The van der Waals surface area contributed by atoms with Gasteiger partial charge in [-0.3, -0.25) is 9.79 Å². The molecule has 0 spiro atoms. The van der Waals surface area contributed by atoms with Crippen molar-refractivity contribution in [3.63, 3.8) is 0 Å². The highest BCUT2D eigenvalue weighted by molar-refractivity contribution is 14.0. The first kappa shape index (κ1) is 20.7. The smallest absolute Gasteiger partial charge is 0.289 e. The van der Waals surface area contributed by atoms with Crippen LogP contribution in [0.2, 0.25) is 0 Å². The van der Waals surface area contributed by atoms with Crippen molar-refractivity contribution in [3.05, 3.63) is 59.5 Å². The Morgan fingerprint density at radius 2 is 1.82 bits per heavy atom. The molecule has 1 amide bonds. The third-order valence-electron chi connectivity index (χ3n) is 5.50. The lowest BCUT2D eigenvalue weighted by Crippen LogP contribution is -2.54. The number of aliphatic imine (C=N–C) groups is 1. The van der Waals surface area contributed by atoms with E-state index in [1.807, 2.05) is 11.9 Å². The first-order chi connectivity index (χ1) is 13.2. The quantitative estimate of drug-likeness (QED) is 0.405. The van der Waals surface area contributed by atoms with Gasteiger partial charge >= 0.3 is 0 Å². The van der Waals surface area contributed by atoms with Gasteiger partial charge in [0.25, 0.3) is 5.91 Å².